The first-order chi connectivity index (χ1) is 7.25. The molecule has 1 heterocycles. The lowest BCUT2D eigenvalue weighted by atomic mass is 9.91. The van der Waals surface area contributed by atoms with Gasteiger partial charge in [0.25, 0.3) is 0 Å². The van der Waals surface area contributed by atoms with Crippen molar-refractivity contribution < 1.29 is 0 Å². The molecule has 15 heavy (non-hydrogen) atoms. The molecule has 0 aliphatic carbocycles. The highest BCUT2D eigenvalue weighted by Crippen LogP contribution is 2.25. The lowest BCUT2D eigenvalue weighted by Crippen LogP contribution is -2.29. The molecule has 1 saturated heterocycles. The molecule has 1 aromatic carbocycles. The summed E-state index contributed by atoms with van der Waals surface area (Å²) in [5.74, 6) is 0.670. The highest BCUT2D eigenvalue weighted by atomic mass is 35.5. The molecule has 1 aliphatic rings. The Balaban J connectivity index is 2.00. The minimum atomic E-state index is 0.634. The molecule has 81 valence electrons. The summed E-state index contributed by atoms with van der Waals surface area (Å²) in [6.07, 6.45) is 4.62. The molecule has 0 saturated carbocycles. The number of halogens is 2. The zero-order valence-electron chi connectivity index (χ0n) is 8.47. The van der Waals surface area contributed by atoms with E-state index in [2.05, 4.69) is 17.8 Å². The van der Waals surface area contributed by atoms with Gasteiger partial charge in [0.05, 0.1) is 10.0 Å². The average molecular weight is 243 g/mol. The van der Waals surface area contributed by atoms with Crippen LogP contribution >= 0.6 is 23.2 Å². The van der Waals surface area contributed by atoms with Gasteiger partial charge in [0.15, 0.2) is 0 Å². The van der Waals surface area contributed by atoms with Crippen molar-refractivity contribution in [3.8, 4) is 0 Å². The van der Waals surface area contributed by atoms with Crippen LogP contribution in [-0.4, -0.2) is 13.1 Å². The van der Waals surface area contributed by atoms with E-state index in [0.29, 0.717) is 16.0 Å². The molecule has 0 amide bonds. The predicted octanol–water partition coefficient (Wildman–Crippen LogP) is 3.35. The second kappa shape index (κ2) is 5.20. The molecule has 0 aromatic heterocycles. The zero-order valence-corrected chi connectivity index (χ0v) is 9.98. The summed E-state index contributed by atoms with van der Waals surface area (Å²) in [4.78, 5) is 0. The van der Waals surface area contributed by atoms with Crippen LogP contribution in [0.4, 0.5) is 0 Å². The van der Waals surface area contributed by atoms with E-state index >= 15 is 0 Å². The van der Waals surface area contributed by atoms with Gasteiger partial charge in [-0.3, -0.25) is 0 Å². The first-order valence-electron chi connectivity index (χ1n) is 5.23. The largest absolute Gasteiger partial charge is 0.316 e. The first kappa shape index (κ1) is 11.3. The second-order valence-corrected chi connectivity index (χ2v) is 4.76. The summed E-state index contributed by atoms with van der Waals surface area (Å²) in [5.41, 5.74) is 1.27. The number of piperidine rings is 1. The molecule has 1 unspecified atom stereocenters. The van der Waals surface area contributed by atoms with E-state index < -0.39 is 0 Å². The minimum absolute atomic E-state index is 0.634. The quantitative estimate of drug-likeness (QED) is 0.839. The van der Waals surface area contributed by atoms with Gasteiger partial charge < -0.3 is 5.32 Å². The topological polar surface area (TPSA) is 12.0 Å². The van der Waals surface area contributed by atoms with Crippen LogP contribution in [0.15, 0.2) is 18.2 Å². The van der Waals surface area contributed by atoms with Gasteiger partial charge in [0.1, 0.15) is 0 Å². The van der Waals surface area contributed by atoms with E-state index in [4.69, 9.17) is 23.2 Å². The maximum atomic E-state index is 5.98. The summed E-state index contributed by atoms with van der Waals surface area (Å²) in [5, 5.41) is 4.61. The van der Waals surface area contributed by atoms with Gasteiger partial charge in [-0.15, -0.1) is 0 Å². The van der Waals surface area contributed by atoms with Crippen molar-refractivity contribution in [2.24, 2.45) is 5.92 Å². The van der Waals surface area contributed by atoms with Gasteiger partial charge in [0.2, 0.25) is 0 Å². The van der Waals surface area contributed by atoms with Crippen molar-refractivity contribution in [2.75, 3.05) is 13.1 Å². The Morgan fingerprint density at radius 2 is 2.13 bits per heavy atom. The maximum Gasteiger partial charge on any atom is 0.0595 e. The zero-order chi connectivity index (χ0) is 10.7. The summed E-state index contributed by atoms with van der Waals surface area (Å²) in [6.45, 7) is 2.13. The number of rotatable bonds is 2. The fourth-order valence-electron chi connectivity index (χ4n) is 1.91. The van der Waals surface area contributed by atoms with Gasteiger partial charge in [0, 0.05) is 0 Å². The Morgan fingerprint density at radius 1 is 1.27 bits per heavy atom. The van der Waals surface area contributed by atoms with Gasteiger partial charge >= 0.3 is 0 Å². The molecule has 1 nitrogen and oxygen atoms in total. The lowest BCUT2D eigenvalue weighted by molar-refractivity contribution is 0.458. The van der Waals surface area contributed by atoms with E-state index in [1.165, 1.54) is 12.0 Å². The van der Waals surface area contributed by atoms with Crippen LogP contribution in [-0.2, 0) is 6.42 Å². The molecular weight excluding hydrogens is 229 g/mol. The van der Waals surface area contributed by atoms with E-state index in [1.54, 1.807) is 0 Å². The molecule has 2 rings (SSSR count). The van der Waals surface area contributed by atoms with Crippen molar-refractivity contribution >= 4 is 23.2 Å². The van der Waals surface area contributed by atoms with Crippen LogP contribution in [0, 0.1) is 12.3 Å². The molecule has 0 spiro atoms. The Morgan fingerprint density at radius 3 is 2.80 bits per heavy atom. The Hall–Kier alpha value is -0.240. The summed E-state index contributed by atoms with van der Waals surface area (Å²) in [7, 11) is 0. The Kier molecular flexibility index (Phi) is 3.90. The third kappa shape index (κ3) is 3.10. The van der Waals surface area contributed by atoms with Crippen LogP contribution in [0.3, 0.4) is 0 Å². The van der Waals surface area contributed by atoms with Crippen molar-refractivity contribution in [3.63, 3.8) is 0 Å². The molecule has 1 fully saturated rings. The highest BCUT2D eigenvalue weighted by molar-refractivity contribution is 6.42. The minimum Gasteiger partial charge on any atom is -0.316 e. The predicted molar refractivity (Wildman–Crippen MR) is 65.4 cm³/mol. The smallest absolute Gasteiger partial charge is 0.0595 e. The van der Waals surface area contributed by atoms with Gasteiger partial charge in [-0.2, -0.15) is 0 Å². The fourth-order valence-corrected chi connectivity index (χ4v) is 2.23. The summed E-state index contributed by atoms with van der Waals surface area (Å²) < 4.78 is 0. The van der Waals surface area contributed by atoms with Gasteiger partial charge in [-0.05, 0) is 56.0 Å². The highest BCUT2D eigenvalue weighted by Gasteiger charge is 2.14. The van der Waals surface area contributed by atoms with E-state index in [0.717, 1.165) is 19.5 Å². The SMILES string of the molecule is Clc1ccc(CC2[CH]CNCC2)cc1Cl. The van der Waals surface area contributed by atoms with E-state index in [1.807, 2.05) is 12.1 Å². The number of nitrogens with one attached hydrogen (secondary N) is 1. The van der Waals surface area contributed by atoms with E-state index in [9.17, 15) is 0 Å². The molecule has 1 N–H and O–H groups in total. The second-order valence-electron chi connectivity index (χ2n) is 3.94. The number of benzene rings is 1. The van der Waals surface area contributed by atoms with Crippen LogP contribution in [0.5, 0.6) is 0 Å². The normalized spacial score (nSPS) is 18.0. The average Bonchev–Trinajstić information content (AvgIpc) is 2.25. The number of hydrogen-bond acceptors (Lipinski definition) is 1. The third-order valence-corrected chi connectivity index (χ3v) is 3.51. The summed E-state index contributed by atoms with van der Waals surface area (Å²) >= 11 is 11.9. The molecule has 0 bridgehead atoms. The molecule has 3 heteroatoms. The third-order valence-electron chi connectivity index (χ3n) is 2.77. The van der Waals surface area contributed by atoms with Crippen molar-refractivity contribution in [3.05, 3.63) is 40.2 Å². The van der Waals surface area contributed by atoms with Crippen LogP contribution < -0.4 is 5.32 Å². The first-order valence-corrected chi connectivity index (χ1v) is 5.99. The molecule has 1 atom stereocenters. The van der Waals surface area contributed by atoms with Gasteiger partial charge in [-0.1, -0.05) is 29.3 Å². The molecule has 1 aromatic rings. The molecular formula is C12H14Cl2N. The standard InChI is InChI=1S/C12H14Cl2N/c13-11-2-1-10(8-12(11)14)7-9-3-5-15-6-4-9/h1-3,8-9,15H,4-7H2. The van der Waals surface area contributed by atoms with Crippen molar-refractivity contribution in [2.45, 2.75) is 12.8 Å². The van der Waals surface area contributed by atoms with Crippen molar-refractivity contribution in [1.82, 2.24) is 5.32 Å². The van der Waals surface area contributed by atoms with Crippen LogP contribution in [0.2, 0.25) is 10.0 Å². The maximum absolute atomic E-state index is 5.98. The van der Waals surface area contributed by atoms with Crippen molar-refractivity contribution in [1.29, 1.82) is 0 Å². The Labute approximate surface area is 101 Å². The van der Waals surface area contributed by atoms with E-state index in [-0.39, 0.29) is 0 Å². The number of hydrogen-bond donors (Lipinski definition) is 1. The van der Waals surface area contributed by atoms with Crippen LogP contribution in [0.25, 0.3) is 0 Å². The van der Waals surface area contributed by atoms with Gasteiger partial charge in [-0.25, -0.2) is 0 Å². The van der Waals surface area contributed by atoms with Crippen LogP contribution in [0.1, 0.15) is 12.0 Å². The fraction of sp³-hybridized carbons (Fsp3) is 0.417. The molecule has 1 aliphatic heterocycles. The lowest BCUT2D eigenvalue weighted by Gasteiger charge is -2.22. The molecule has 1 radical (unpaired) electrons. The monoisotopic (exact) mass is 242 g/mol. The summed E-state index contributed by atoms with van der Waals surface area (Å²) in [6, 6.07) is 5.91. The Bertz CT molecular complexity index is 332.